The molecule has 0 spiro atoms. The van der Waals surface area contributed by atoms with E-state index in [1.165, 1.54) is 12.0 Å². The van der Waals surface area contributed by atoms with Gasteiger partial charge in [-0.25, -0.2) is 4.98 Å². The van der Waals surface area contributed by atoms with Crippen LogP contribution in [0.3, 0.4) is 0 Å². The Bertz CT molecular complexity index is 397. The summed E-state index contributed by atoms with van der Waals surface area (Å²) in [4.78, 5) is 3.84. The summed E-state index contributed by atoms with van der Waals surface area (Å²) in [5.41, 5.74) is 1.19. The topological polar surface area (TPSA) is 38.1 Å². The predicted molar refractivity (Wildman–Crippen MR) is 58.5 cm³/mol. The Balaban J connectivity index is 1.81. The molecule has 1 heterocycles. The van der Waals surface area contributed by atoms with Crippen molar-refractivity contribution in [2.45, 2.75) is 13.1 Å². The van der Waals surface area contributed by atoms with Gasteiger partial charge in [-0.1, -0.05) is 23.7 Å². The molecule has 0 bridgehead atoms. The van der Waals surface area contributed by atoms with Crippen molar-refractivity contribution in [1.29, 1.82) is 0 Å². The fourth-order valence-corrected chi connectivity index (χ4v) is 1.39. The second kappa shape index (κ2) is 4.96. The minimum Gasteiger partial charge on any atom is -0.447 e. The third kappa shape index (κ3) is 3.08. The smallest absolute Gasteiger partial charge is 0.180 e. The van der Waals surface area contributed by atoms with E-state index in [4.69, 9.17) is 16.0 Å². The second-order valence-electron chi connectivity index (χ2n) is 3.20. The van der Waals surface area contributed by atoms with Gasteiger partial charge in [0.25, 0.3) is 0 Å². The van der Waals surface area contributed by atoms with E-state index in [0.29, 0.717) is 6.54 Å². The summed E-state index contributed by atoms with van der Waals surface area (Å²) in [7, 11) is 0. The van der Waals surface area contributed by atoms with Crippen molar-refractivity contribution in [3.05, 3.63) is 53.2 Å². The fourth-order valence-electron chi connectivity index (χ4n) is 1.26. The van der Waals surface area contributed by atoms with E-state index in [1.54, 1.807) is 6.20 Å². The Morgan fingerprint density at radius 3 is 2.67 bits per heavy atom. The Kier molecular flexibility index (Phi) is 3.37. The molecule has 15 heavy (non-hydrogen) atoms. The van der Waals surface area contributed by atoms with E-state index in [2.05, 4.69) is 10.3 Å². The van der Waals surface area contributed by atoms with E-state index in [9.17, 15) is 0 Å². The van der Waals surface area contributed by atoms with Crippen LogP contribution >= 0.6 is 11.6 Å². The van der Waals surface area contributed by atoms with E-state index in [0.717, 1.165) is 17.3 Å². The first kappa shape index (κ1) is 10.2. The third-order valence-corrected chi connectivity index (χ3v) is 2.28. The maximum atomic E-state index is 5.78. The summed E-state index contributed by atoms with van der Waals surface area (Å²) in [5, 5.41) is 4.01. The highest BCUT2D eigenvalue weighted by Gasteiger charge is 1.96. The summed E-state index contributed by atoms with van der Waals surface area (Å²) in [5.74, 6) is 0.837. The van der Waals surface area contributed by atoms with Gasteiger partial charge in [0.1, 0.15) is 5.76 Å². The highest BCUT2D eigenvalue weighted by atomic mass is 35.5. The van der Waals surface area contributed by atoms with Gasteiger partial charge in [0.05, 0.1) is 12.7 Å². The molecule has 2 rings (SSSR count). The number of hydrogen-bond acceptors (Lipinski definition) is 3. The van der Waals surface area contributed by atoms with Gasteiger partial charge in [0, 0.05) is 11.6 Å². The van der Waals surface area contributed by atoms with Crippen LogP contribution in [0, 0.1) is 0 Å². The van der Waals surface area contributed by atoms with Crippen LogP contribution in [0.25, 0.3) is 0 Å². The summed E-state index contributed by atoms with van der Waals surface area (Å²) in [6, 6.07) is 7.76. The Morgan fingerprint density at radius 2 is 2.00 bits per heavy atom. The van der Waals surface area contributed by atoms with Crippen molar-refractivity contribution in [2.75, 3.05) is 0 Å². The highest BCUT2D eigenvalue weighted by molar-refractivity contribution is 6.30. The van der Waals surface area contributed by atoms with Gasteiger partial charge in [-0.3, -0.25) is 0 Å². The van der Waals surface area contributed by atoms with Gasteiger partial charge in [-0.05, 0) is 17.7 Å². The van der Waals surface area contributed by atoms with Crippen LogP contribution in [-0.2, 0) is 13.1 Å². The van der Waals surface area contributed by atoms with E-state index in [-0.39, 0.29) is 0 Å². The van der Waals surface area contributed by atoms with Crippen molar-refractivity contribution < 1.29 is 4.42 Å². The number of hydrogen-bond donors (Lipinski definition) is 1. The molecule has 0 aliphatic carbocycles. The standard InChI is InChI=1S/C11H11ClN2O/c12-10-3-1-9(2-4-10)5-13-6-11-7-14-8-15-11/h1-4,7-8,13H,5-6H2. The zero-order valence-electron chi connectivity index (χ0n) is 8.11. The molecule has 78 valence electrons. The molecular formula is C11H11ClN2O. The first-order valence-electron chi connectivity index (χ1n) is 4.67. The van der Waals surface area contributed by atoms with Gasteiger partial charge < -0.3 is 9.73 Å². The summed E-state index contributed by atoms with van der Waals surface area (Å²) >= 11 is 5.78. The molecule has 0 aliphatic rings. The molecule has 0 saturated carbocycles. The summed E-state index contributed by atoms with van der Waals surface area (Å²) in [6.07, 6.45) is 3.13. The first-order valence-corrected chi connectivity index (χ1v) is 5.05. The zero-order valence-corrected chi connectivity index (χ0v) is 8.87. The molecule has 0 amide bonds. The van der Waals surface area contributed by atoms with E-state index >= 15 is 0 Å². The maximum Gasteiger partial charge on any atom is 0.180 e. The predicted octanol–water partition coefficient (Wildman–Crippen LogP) is 2.62. The van der Waals surface area contributed by atoms with Crippen LogP contribution in [-0.4, -0.2) is 4.98 Å². The summed E-state index contributed by atoms with van der Waals surface area (Å²) < 4.78 is 5.10. The van der Waals surface area contributed by atoms with Crippen LogP contribution in [0.2, 0.25) is 5.02 Å². The molecule has 0 saturated heterocycles. The average Bonchev–Trinajstić information content (AvgIpc) is 2.74. The van der Waals surface area contributed by atoms with Crippen LogP contribution in [0.5, 0.6) is 0 Å². The number of oxazole rings is 1. The molecule has 0 unspecified atom stereocenters. The molecule has 0 fully saturated rings. The quantitative estimate of drug-likeness (QED) is 0.864. The zero-order chi connectivity index (χ0) is 10.5. The van der Waals surface area contributed by atoms with Crippen molar-refractivity contribution in [1.82, 2.24) is 10.3 Å². The molecule has 1 aromatic carbocycles. The van der Waals surface area contributed by atoms with Gasteiger partial charge in [-0.2, -0.15) is 0 Å². The molecule has 0 atom stereocenters. The lowest BCUT2D eigenvalue weighted by atomic mass is 10.2. The highest BCUT2D eigenvalue weighted by Crippen LogP contribution is 2.09. The minimum atomic E-state index is 0.683. The second-order valence-corrected chi connectivity index (χ2v) is 3.63. The van der Waals surface area contributed by atoms with Crippen LogP contribution in [0.4, 0.5) is 0 Å². The molecule has 4 heteroatoms. The molecular weight excluding hydrogens is 212 g/mol. The Hall–Kier alpha value is -1.32. The maximum absolute atomic E-state index is 5.78. The molecule has 3 nitrogen and oxygen atoms in total. The van der Waals surface area contributed by atoms with Gasteiger partial charge in [-0.15, -0.1) is 0 Å². The molecule has 0 radical (unpaired) electrons. The van der Waals surface area contributed by atoms with Gasteiger partial charge in [0.2, 0.25) is 0 Å². The van der Waals surface area contributed by atoms with Crippen molar-refractivity contribution in [2.24, 2.45) is 0 Å². The number of halogens is 1. The van der Waals surface area contributed by atoms with Crippen LogP contribution in [0.1, 0.15) is 11.3 Å². The number of benzene rings is 1. The van der Waals surface area contributed by atoms with E-state index < -0.39 is 0 Å². The van der Waals surface area contributed by atoms with Crippen LogP contribution < -0.4 is 5.32 Å². The minimum absolute atomic E-state index is 0.683. The molecule has 2 aromatic rings. The van der Waals surface area contributed by atoms with E-state index in [1.807, 2.05) is 24.3 Å². The monoisotopic (exact) mass is 222 g/mol. The van der Waals surface area contributed by atoms with Gasteiger partial charge >= 0.3 is 0 Å². The normalized spacial score (nSPS) is 10.5. The fraction of sp³-hybridized carbons (Fsp3) is 0.182. The van der Waals surface area contributed by atoms with Crippen molar-refractivity contribution in [3.8, 4) is 0 Å². The summed E-state index contributed by atoms with van der Waals surface area (Å²) in [6.45, 7) is 1.47. The van der Waals surface area contributed by atoms with Crippen molar-refractivity contribution >= 4 is 11.6 Å². The lowest BCUT2D eigenvalue weighted by Crippen LogP contribution is -2.11. The number of nitrogens with zero attached hydrogens (tertiary/aromatic N) is 1. The molecule has 0 aliphatic heterocycles. The third-order valence-electron chi connectivity index (χ3n) is 2.03. The molecule has 1 aromatic heterocycles. The average molecular weight is 223 g/mol. The Labute approximate surface area is 93.1 Å². The number of rotatable bonds is 4. The largest absolute Gasteiger partial charge is 0.447 e. The number of aromatic nitrogens is 1. The van der Waals surface area contributed by atoms with Gasteiger partial charge in [0.15, 0.2) is 6.39 Å². The Morgan fingerprint density at radius 1 is 1.20 bits per heavy atom. The number of nitrogens with one attached hydrogen (secondary N) is 1. The lowest BCUT2D eigenvalue weighted by molar-refractivity contribution is 0.479. The van der Waals surface area contributed by atoms with Crippen LogP contribution in [0.15, 0.2) is 41.3 Å². The lowest BCUT2D eigenvalue weighted by Gasteiger charge is -2.02. The van der Waals surface area contributed by atoms with Crippen molar-refractivity contribution in [3.63, 3.8) is 0 Å². The first-order chi connectivity index (χ1) is 7.34. The SMILES string of the molecule is Clc1ccc(CNCc2cnco2)cc1. The molecule has 1 N–H and O–H groups in total.